The molecule has 1 amide bonds. The molecule has 1 aromatic rings. The summed E-state index contributed by atoms with van der Waals surface area (Å²) in [7, 11) is 0. The monoisotopic (exact) mass is 248 g/mol. The summed E-state index contributed by atoms with van der Waals surface area (Å²) in [6.45, 7) is 7.99. The fraction of sp³-hybridized carbons (Fsp3) is 0.533. The van der Waals surface area contributed by atoms with Gasteiger partial charge in [0.25, 0.3) is 0 Å². The van der Waals surface area contributed by atoms with Crippen LogP contribution in [0, 0.1) is 5.92 Å². The van der Waals surface area contributed by atoms with E-state index in [0.717, 1.165) is 31.6 Å². The average Bonchev–Trinajstić information content (AvgIpc) is 2.38. The Hall–Kier alpha value is -1.35. The molecule has 100 valence electrons. The Balaban J connectivity index is 2.50. The number of carbonyl (C=O) groups is 1. The second-order valence-corrected chi connectivity index (χ2v) is 4.66. The van der Waals surface area contributed by atoms with Gasteiger partial charge in [-0.25, -0.2) is 0 Å². The molecule has 1 unspecified atom stereocenters. The summed E-state index contributed by atoms with van der Waals surface area (Å²) in [5.41, 5.74) is 2.11. The molecule has 3 heteroatoms. The molecule has 0 saturated heterocycles. The fourth-order valence-electron chi connectivity index (χ4n) is 1.80. The van der Waals surface area contributed by atoms with E-state index in [-0.39, 0.29) is 11.8 Å². The molecular formula is C15H24N2O. The first-order valence-electron chi connectivity index (χ1n) is 6.77. The van der Waals surface area contributed by atoms with Crippen molar-refractivity contribution in [1.82, 2.24) is 5.32 Å². The first-order valence-corrected chi connectivity index (χ1v) is 6.77. The van der Waals surface area contributed by atoms with E-state index in [2.05, 4.69) is 24.5 Å². The van der Waals surface area contributed by atoms with Crippen LogP contribution in [0.5, 0.6) is 0 Å². The third kappa shape index (κ3) is 4.88. The zero-order valence-electron chi connectivity index (χ0n) is 11.6. The molecule has 0 aliphatic heterocycles. The van der Waals surface area contributed by atoms with Crippen LogP contribution in [0.2, 0.25) is 0 Å². The Labute approximate surface area is 110 Å². The lowest BCUT2D eigenvalue weighted by Crippen LogP contribution is -2.20. The average molecular weight is 248 g/mol. The van der Waals surface area contributed by atoms with Gasteiger partial charge in [-0.05, 0) is 30.7 Å². The molecule has 1 atom stereocenters. The third-order valence-corrected chi connectivity index (χ3v) is 2.97. The van der Waals surface area contributed by atoms with E-state index < -0.39 is 0 Å². The number of hydrogen-bond acceptors (Lipinski definition) is 2. The molecule has 0 radical (unpaired) electrons. The number of amides is 1. The van der Waals surface area contributed by atoms with Crippen LogP contribution in [0.25, 0.3) is 0 Å². The minimum Gasteiger partial charge on any atom is -0.326 e. The Morgan fingerprint density at radius 2 is 1.89 bits per heavy atom. The van der Waals surface area contributed by atoms with Gasteiger partial charge in [0.1, 0.15) is 0 Å². The molecule has 2 N–H and O–H groups in total. The second kappa shape index (κ2) is 7.88. The van der Waals surface area contributed by atoms with E-state index in [1.54, 1.807) is 0 Å². The molecule has 0 fully saturated rings. The molecule has 1 aromatic carbocycles. The van der Waals surface area contributed by atoms with Gasteiger partial charge in [-0.15, -0.1) is 0 Å². The molecule has 0 saturated carbocycles. The smallest absolute Gasteiger partial charge is 0.227 e. The zero-order chi connectivity index (χ0) is 13.4. The van der Waals surface area contributed by atoms with Gasteiger partial charge in [-0.3, -0.25) is 4.79 Å². The molecular weight excluding hydrogens is 224 g/mol. The quantitative estimate of drug-likeness (QED) is 0.778. The highest BCUT2D eigenvalue weighted by Gasteiger charge is 2.11. The van der Waals surface area contributed by atoms with E-state index in [9.17, 15) is 4.79 Å². The molecule has 0 aliphatic rings. The maximum Gasteiger partial charge on any atom is 0.227 e. The lowest BCUT2D eigenvalue weighted by Gasteiger charge is -2.11. The van der Waals surface area contributed by atoms with Gasteiger partial charge in [0.2, 0.25) is 5.91 Å². The van der Waals surface area contributed by atoms with Gasteiger partial charge in [0.15, 0.2) is 0 Å². The lowest BCUT2D eigenvalue weighted by molar-refractivity contribution is -0.119. The van der Waals surface area contributed by atoms with E-state index in [1.165, 1.54) is 5.56 Å². The molecule has 1 rings (SSSR count). The largest absolute Gasteiger partial charge is 0.326 e. The standard InChI is InChI=1S/C15H24N2O/c1-4-6-12(3)15(18)17-14-9-7-13(8-10-14)11-16-5-2/h7-10,12,16H,4-6,11H2,1-3H3,(H,17,18). The van der Waals surface area contributed by atoms with Gasteiger partial charge in [0, 0.05) is 18.2 Å². The van der Waals surface area contributed by atoms with Crippen LogP contribution in [0.1, 0.15) is 39.2 Å². The summed E-state index contributed by atoms with van der Waals surface area (Å²) in [5, 5.41) is 6.22. The van der Waals surface area contributed by atoms with E-state index in [4.69, 9.17) is 0 Å². The molecule has 0 aromatic heterocycles. The predicted molar refractivity (Wildman–Crippen MR) is 76.5 cm³/mol. The lowest BCUT2D eigenvalue weighted by atomic mass is 10.1. The summed E-state index contributed by atoms with van der Waals surface area (Å²) in [6, 6.07) is 8.01. The molecule has 0 spiro atoms. The topological polar surface area (TPSA) is 41.1 Å². The van der Waals surface area contributed by atoms with Gasteiger partial charge < -0.3 is 10.6 Å². The van der Waals surface area contributed by atoms with Gasteiger partial charge in [-0.2, -0.15) is 0 Å². The van der Waals surface area contributed by atoms with Crippen molar-refractivity contribution < 1.29 is 4.79 Å². The first-order chi connectivity index (χ1) is 8.67. The maximum atomic E-state index is 11.8. The highest BCUT2D eigenvalue weighted by atomic mass is 16.1. The van der Waals surface area contributed by atoms with Crippen LogP contribution in [-0.2, 0) is 11.3 Å². The van der Waals surface area contributed by atoms with Crippen molar-refractivity contribution in [3.05, 3.63) is 29.8 Å². The van der Waals surface area contributed by atoms with Crippen LogP contribution in [0.3, 0.4) is 0 Å². The number of benzene rings is 1. The van der Waals surface area contributed by atoms with Crippen molar-refractivity contribution in [2.24, 2.45) is 5.92 Å². The number of rotatable bonds is 7. The summed E-state index contributed by atoms with van der Waals surface area (Å²) in [6.07, 6.45) is 1.97. The molecule has 18 heavy (non-hydrogen) atoms. The maximum absolute atomic E-state index is 11.8. The van der Waals surface area contributed by atoms with E-state index in [0.29, 0.717) is 0 Å². The van der Waals surface area contributed by atoms with Crippen molar-refractivity contribution in [3.8, 4) is 0 Å². The number of anilines is 1. The SMILES string of the molecule is CCCC(C)C(=O)Nc1ccc(CNCC)cc1. The second-order valence-electron chi connectivity index (χ2n) is 4.66. The minimum atomic E-state index is 0.0800. The summed E-state index contributed by atoms with van der Waals surface area (Å²) in [5.74, 6) is 0.188. The van der Waals surface area contributed by atoms with Crippen molar-refractivity contribution in [2.45, 2.75) is 40.2 Å². The molecule has 0 bridgehead atoms. The predicted octanol–water partition coefficient (Wildman–Crippen LogP) is 3.17. The summed E-state index contributed by atoms with van der Waals surface area (Å²) in [4.78, 5) is 11.8. The first kappa shape index (κ1) is 14.7. The normalized spacial score (nSPS) is 12.2. The van der Waals surface area contributed by atoms with Gasteiger partial charge in [0.05, 0.1) is 0 Å². The highest BCUT2D eigenvalue weighted by molar-refractivity contribution is 5.92. The summed E-state index contributed by atoms with van der Waals surface area (Å²) >= 11 is 0. The van der Waals surface area contributed by atoms with Crippen LogP contribution in [-0.4, -0.2) is 12.5 Å². The Morgan fingerprint density at radius 1 is 1.22 bits per heavy atom. The van der Waals surface area contributed by atoms with E-state index >= 15 is 0 Å². The molecule has 0 heterocycles. The van der Waals surface area contributed by atoms with Crippen molar-refractivity contribution in [3.63, 3.8) is 0 Å². The minimum absolute atomic E-state index is 0.0800. The Morgan fingerprint density at radius 3 is 2.44 bits per heavy atom. The number of hydrogen-bond donors (Lipinski definition) is 2. The van der Waals surface area contributed by atoms with Crippen LogP contribution < -0.4 is 10.6 Å². The number of nitrogens with one attached hydrogen (secondary N) is 2. The number of carbonyl (C=O) groups excluding carboxylic acids is 1. The van der Waals surface area contributed by atoms with Gasteiger partial charge in [-0.1, -0.05) is 39.3 Å². The molecule has 0 aliphatic carbocycles. The van der Waals surface area contributed by atoms with E-state index in [1.807, 2.05) is 31.2 Å². The molecule has 3 nitrogen and oxygen atoms in total. The fourth-order valence-corrected chi connectivity index (χ4v) is 1.80. The van der Waals surface area contributed by atoms with Gasteiger partial charge >= 0.3 is 0 Å². The third-order valence-electron chi connectivity index (χ3n) is 2.97. The van der Waals surface area contributed by atoms with Crippen LogP contribution in [0.4, 0.5) is 5.69 Å². The zero-order valence-corrected chi connectivity index (χ0v) is 11.6. The van der Waals surface area contributed by atoms with Crippen LogP contribution >= 0.6 is 0 Å². The summed E-state index contributed by atoms with van der Waals surface area (Å²) < 4.78 is 0. The highest BCUT2D eigenvalue weighted by Crippen LogP contribution is 2.13. The van der Waals surface area contributed by atoms with Crippen molar-refractivity contribution >= 4 is 11.6 Å². The van der Waals surface area contributed by atoms with Crippen molar-refractivity contribution in [2.75, 3.05) is 11.9 Å². The Bertz CT molecular complexity index is 359. The van der Waals surface area contributed by atoms with Crippen molar-refractivity contribution in [1.29, 1.82) is 0 Å². The van der Waals surface area contributed by atoms with Crippen LogP contribution in [0.15, 0.2) is 24.3 Å². The Kier molecular flexibility index (Phi) is 6.44.